The molecule has 0 aliphatic heterocycles. The van der Waals surface area contributed by atoms with Crippen molar-refractivity contribution in [1.82, 2.24) is 19.6 Å². The van der Waals surface area contributed by atoms with Gasteiger partial charge in [0.1, 0.15) is 6.04 Å². The van der Waals surface area contributed by atoms with Crippen LogP contribution in [-0.4, -0.2) is 25.5 Å². The van der Waals surface area contributed by atoms with Gasteiger partial charge in [0.25, 0.3) is 0 Å². The van der Waals surface area contributed by atoms with Gasteiger partial charge < -0.3 is 5.32 Å². The first kappa shape index (κ1) is 18.9. The Bertz CT molecular complexity index is 923. The minimum absolute atomic E-state index is 0.104. The van der Waals surface area contributed by atoms with Crippen molar-refractivity contribution in [3.05, 3.63) is 54.1 Å². The standard InChI is InChI=1S/C21H27N5O/c1-14(2)12-26-16(4)20(15(3)24-26)23-21(27)17(5)25-13-19(11-22-25)18-9-7-6-8-10-18/h6-11,13-14,17H,12H2,1-5H3,(H,23,27). The van der Waals surface area contributed by atoms with E-state index >= 15 is 0 Å². The fourth-order valence-electron chi connectivity index (χ4n) is 3.08. The molecule has 1 N–H and O–H groups in total. The van der Waals surface area contributed by atoms with Crippen LogP contribution < -0.4 is 5.32 Å². The highest BCUT2D eigenvalue weighted by atomic mass is 16.2. The Morgan fingerprint density at radius 3 is 2.48 bits per heavy atom. The molecule has 2 aromatic heterocycles. The van der Waals surface area contributed by atoms with E-state index in [1.807, 2.05) is 62.0 Å². The molecule has 0 fully saturated rings. The van der Waals surface area contributed by atoms with E-state index < -0.39 is 6.04 Å². The zero-order chi connectivity index (χ0) is 19.6. The largest absolute Gasteiger partial charge is 0.321 e. The number of benzene rings is 1. The second-order valence-corrected chi connectivity index (χ2v) is 7.36. The number of carbonyl (C=O) groups is 1. The Balaban J connectivity index is 1.75. The molecule has 0 aliphatic rings. The monoisotopic (exact) mass is 365 g/mol. The van der Waals surface area contributed by atoms with Crippen LogP contribution >= 0.6 is 0 Å². The van der Waals surface area contributed by atoms with Crippen LogP contribution in [0.5, 0.6) is 0 Å². The lowest BCUT2D eigenvalue weighted by molar-refractivity contribution is -0.119. The molecule has 3 aromatic rings. The van der Waals surface area contributed by atoms with Gasteiger partial charge in [-0.15, -0.1) is 0 Å². The molecule has 0 spiro atoms. The highest BCUT2D eigenvalue weighted by Crippen LogP contribution is 2.23. The molecule has 0 radical (unpaired) electrons. The molecular weight excluding hydrogens is 338 g/mol. The predicted molar refractivity (Wildman–Crippen MR) is 108 cm³/mol. The van der Waals surface area contributed by atoms with Crippen LogP contribution in [0.15, 0.2) is 42.7 Å². The van der Waals surface area contributed by atoms with Crippen molar-refractivity contribution in [3.8, 4) is 11.1 Å². The van der Waals surface area contributed by atoms with Gasteiger partial charge in [-0.1, -0.05) is 44.2 Å². The molecule has 0 aliphatic carbocycles. The molecule has 1 atom stereocenters. The third kappa shape index (κ3) is 4.10. The number of hydrogen-bond donors (Lipinski definition) is 1. The van der Waals surface area contributed by atoms with E-state index in [1.54, 1.807) is 10.9 Å². The average Bonchev–Trinajstić information content (AvgIpc) is 3.23. The zero-order valence-electron chi connectivity index (χ0n) is 16.6. The molecular formula is C21H27N5O. The first-order chi connectivity index (χ1) is 12.9. The number of aromatic nitrogens is 4. The van der Waals surface area contributed by atoms with E-state index in [1.165, 1.54) is 0 Å². The Hall–Kier alpha value is -2.89. The fraction of sp³-hybridized carbons (Fsp3) is 0.381. The highest BCUT2D eigenvalue weighted by molar-refractivity contribution is 5.94. The van der Waals surface area contributed by atoms with Crippen LogP contribution in [-0.2, 0) is 11.3 Å². The summed E-state index contributed by atoms with van der Waals surface area (Å²) in [5, 5.41) is 12.0. The summed E-state index contributed by atoms with van der Waals surface area (Å²) < 4.78 is 3.66. The number of anilines is 1. The SMILES string of the molecule is Cc1nn(CC(C)C)c(C)c1NC(=O)C(C)n1cc(-c2ccccc2)cn1. The smallest absolute Gasteiger partial charge is 0.249 e. The lowest BCUT2D eigenvalue weighted by Gasteiger charge is -2.13. The Labute approximate surface area is 160 Å². The molecule has 0 saturated heterocycles. The third-order valence-corrected chi connectivity index (χ3v) is 4.65. The van der Waals surface area contributed by atoms with Crippen LogP contribution in [0.4, 0.5) is 5.69 Å². The molecule has 142 valence electrons. The predicted octanol–water partition coefficient (Wildman–Crippen LogP) is 4.22. The molecule has 27 heavy (non-hydrogen) atoms. The van der Waals surface area contributed by atoms with Gasteiger partial charge in [-0.3, -0.25) is 14.2 Å². The molecule has 6 nitrogen and oxygen atoms in total. The molecule has 0 saturated carbocycles. The molecule has 1 aromatic carbocycles. The summed E-state index contributed by atoms with van der Waals surface area (Å²) in [6.07, 6.45) is 3.69. The summed E-state index contributed by atoms with van der Waals surface area (Å²) in [6, 6.07) is 9.60. The molecule has 2 heterocycles. The van der Waals surface area contributed by atoms with Crippen molar-refractivity contribution in [2.24, 2.45) is 5.92 Å². The van der Waals surface area contributed by atoms with Crippen LogP contribution in [0.1, 0.15) is 38.2 Å². The number of carbonyl (C=O) groups excluding carboxylic acids is 1. The van der Waals surface area contributed by atoms with Crippen molar-refractivity contribution in [3.63, 3.8) is 0 Å². The summed E-state index contributed by atoms with van der Waals surface area (Å²) in [5.74, 6) is 0.388. The van der Waals surface area contributed by atoms with E-state index in [0.717, 1.165) is 34.7 Å². The molecule has 0 bridgehead atoms. The van der Waals surface area contributed by atoms with Crippen molar-refractivity contribution < 1.29 is 4.79 Å². The number of amides is 1. The lowest BCUT2D eigenvalue weighted by Crippen LogP contribution is -2.24. The van der Waals surface area contributed by atoms with E-state index in [4.69, 9.17) is 0 Å². The Morgan fingerprint density at radius 2 is 1.81 bits per heavy atom. The van der Waals surface area contributed by atoms with Gasteiger partial charge in [0.2, 0.25) is 5.91 Å². The number of nitrogens with zero attached hydrogens (tertiary/aromatic N) is 4. The van der Waals surface area contributed by atoms with Gasteiger partial charge in [0, 0.05) is 18.3 Å². The van der Waals surface area contributed by atoms with Gasteiger partial charge in [-0.25, -0.2) is 0 Å². The number of aryl methyl sites for hydroxylation is 1. The van der Waals surface area contributed by atoms with Crippen molar-refractivity contribution in [2.75, 3.05) is 5.32 Å². The van der Waals surface area contributed by atoms with Crippen molar-refractivity contribution >= 4 is 11.6 Å². The second-order valence-electron chi connectivity index (χ2n) is 7.36. The van der Waals surface area contributed by atoms with E-state index in [2.05, 4.69) is 29.4 Å². The molecule has 6 heteroatoms. The minimum atomic E-state index is -0.422. The van der Waals surface area contributed by atoms with Crippen LogP contribution in [0.2, 0.25) is 0 Å². The quantitative estimate of drug-likeness (QED) is 0.711. The van der Waals surface area contributed by atoms with Crippen molar-refractivity contribution in [2.45, 2.75) is 47.2 Å². The molecule has 1 unspecified atom stereocenters. The van der Waals surface area contributed by atoms with Crippen LogP contribution in [0.3, 0.4) is 0 Å². The number of hydrogen-bond acceptors (Lipinski definition) is 3. The summed E-state index contributed by atoms with van der Waals surface area (Å²) in [6.45, 7) is 10.9. The van der Waals surface area contributed by atoms with Gasteiger partial charge in [0.15, 0.2) is 0 Å². The minimum Gasteiger partial charge on any atom is -0.321 e. The van der Waals surface area contributed by atoms with E-state index in [-0.39, 0.29) is 5.91 Å². The lowest BCUT2D eigenvalue weighted by atomic mass is 10.1. The van der Waals surface area contributed by atoms with Crippen LogP contribution in [0.25, 0.3) is 11.1 Å². The summed E-state index contributed by atoms with van der Waals surface area (Å²) in [7, 11) is 0. The average molecular weight is 365 g/mol. The first-order valence-corrected chi connectivity index (χ1v) is 9.31. The first-order valence-electron chi connectivity index (χ1n) is 9.31. The zero-order valence-corrected chi connectivity index (χ0v) is 16.6. The maximum absolute atomic E-state index is 12.8. The molecule has 1 amide bonds. The maximum Gasteiger partial charge on any atom is 0.249 e. The molecule has 3 rings (SSSR count). The third-order valence-electron chi connectivity index (χ3n) is 4.65. The summed E-state index contributed by atoms with van der Waals surface area (Å²) in [4.78, 5) is 12.8. The van der Waals surface area contributed by atoms with E-state index in [0.29, 0.717) is 5.92 Å². The maximum atomic E-state index is 12.8. The summed E-state index contributed by atoms with van der Waals surface area (Å²) >= 11 is 0. The fourth-order valence-corrected chi connectivity index (χ4v) is 3.08. The van der Waals surface area contributed by atoms with Gasteiger partial charge in [-0.2, -0.15) is 10.2 Å². The number of nitrogens with one attached hydrogen (secondary N) is 1. The van der Waals surface area contributed by atoms with E-state index in [9.17, 15) is 4.79 Å². The number of rotatable bonds is 6. The summed E-state index contributed by atoms with van der Waals surface area (Å²) in [5.41, 5.74) is 4.68. The van der Waals surface area contributed by atoms with Crippen LogP contribution in [0, 0.1) is 19.8 Å². The topological polar surface area (TPSA) is 64.7 Å². The van der Waals surface area contributed by atoms with Gasteiger partial charge in [0.05, 0.1) is 23.3 Å². The highest BCUT2D eigenvalue weighted by Gasteiger charge is 2.20. The second kappa shape index (κ2) is 7.78. The van der Waals surface area contributed by atoms with Gasteiger partial charge >= 0.3 is 0 Å². The Kier molecular flexibility index (Phi) is 5.44. The Morgan fingerprint density at radius 1 is 1.11 bits per heavy atom. The van der Waals surface area contributed by atoms with Gasteiger partial charge in [-0.05, 0) is 32.3 Å². The van der Waals surface area contributed by atoms with Crippen molar-refractivity contribution in [1.29, 1.82) is 0 Å². The normalized spacial score (nSPS) is 12.4.